The second kappa shape index (κ2) is 7.51. The van der Waals surface area contributed by atoms with Crippen molar-refractivity contribution < 1.29 is 27.1 Å². The zero-order chi connectivity index (χ0) is 20.4. The maximum Gasteiger partial charge on any atom is 0.261 e. The first-order chi connectivity index (χ1) is 13.9. The average molecular weight is 414 g/mol. The van der Waals surface area contributed by atoms with Gasteiger partial charge < -0.3 is 19.2 Å². The van der Waals surface area contributed by atoms with Gasteiger partial charge in [0.05, 0.1) is 22.9 Å². The van der Waals surface area contributed by atoms with Gasteiger partial charge in [-0.1, -0.05) is 6.07 Å². The van der Waals surface area contributed by atoms with Crippen molar-refractivity contribution in [2.75, 3.05) is 11.5 Å². The molecule has 0 aliphatic carbocycles. The van der Waals surface area contributed by atoms with Gasteiger partial charge in [0.2, 0.25) is 6.79 Å². The molecular weight excluding hydrogens is 396 g/mol. The van der Waals surface area contributed by atoms with Gasteiger partial charge in [-0.3, -0.25) is 9.52 Å². The molecule has 1 atom stereocenters. The van der Waals surface area contributed by atoms with Crippen molar-refractivity contribution >= 4 is 21.6 Å². The Morgan fingerprint density at radius 1 is 1.03 bits per heavy atom. The third-order valence-corrected chi connectivity index (χ3v) is 5.73. The number of sulfonamides is 1. The molecule has 0 spiro atoms. The highest BCUT2D eigenvalue weighted by atomic mass is 32.2. The summed E-state index contributed by atoms with van der Waals surface area (Å²) in [6.07, 6.45) is 1.52. The molecule has 29 heavy (non-hydrogen) atoms. The molecule has 2 heterocycles. The molecule has 2 N–H and O–H groups in total. The topological polar surface area (TPSA) is 107 Å². The Morgan fingerprint density at radius 3 is 2.66 bits per heavy atom. The highest BCUT2D eigenvalue weighted by Crippen LogP contribution is 2.34. The number of carbonyl (C=O) groups is 1. The molecule has 0 unspecified atom stereocenters. The minimum atomic E-state index is -3.90. The molecule has 4 rings (SSSR count). The van der Waals surface area contributed by atoms with Crippen molar-refractivity contribution in [3.05, 3.63) is 72.2 Å². The van der Waals surface area contributed by atoms with Crippen LogP contribution < -0.4 is 19.5 Å². The van der Waals surface area contributed by atoms with Crippen LogP contribution in [0.2, 0.25) is 0 Å². The smallest absolute Gasteiger partial charge is 0.261 e. The molecule has 1 aromatic heterocycles. The van der Waals surface area contributed by atoms with Gasteiger partial charge in [0.1, 0.15) is 5.76 Å². The third kappa shape index (κ3) is 4.04. The van der Waals surface area contributed by atoms with Crippen LogP contribution in [0.3, 0.4) is 0 Å². The van der Waals surface area contributed by atoms with Crippen LogP contribution in [-0.2, 0) is 10.0 Å². The molecule has 1 amide bonds. The van der Waals surface area contributed by atoms with Crippen LogP contribution in [0.5, 0.6) is 11.5 Å². The van der Waals surface area contributed by atoms with E-state index in [0.717, 1.165) is 0 Å². The summed E-state index contributed by atoms with van der Waals surface area (Å²) >= 11 is 0. The fourth-order valence-electron chi connectivity index (χ4n) is 2.87. The number of furan rings is 1. The van der Waals surface area contributed by atoms with Crippen molar-refractivity contribution in [2.45, 2.75) is 17.9 Å². The molecule has 2 aromatic carbocycles. The summed E-state index contributed by atoms with van der Waals surface area (Å²) in [5, 5.41) is 2.78. The van der Waals surface area contributed by atoms with Crippen molar-refractivity contribution in [3.63, 3.8) is 0 Å². The van der Waals surface area contributed by atoms with Gasteiger partial charge >= 0.3 is 0 Å². The van der Waals surface area contributed by atoms with E-state index in [1.807, 2.05) is 0 Å². The summed E-state index contributed by atoms with van der Waals surface area (Å²) in [6.45, 7) is 1.87. The molecule has 9 heteroatoms. The summed E-state index contributed by atoms with van der Waals surface area (Å²) in [6, 6.07) is 13.7. The van der Waals surface area contributed by atoms with Crippen molar-refractivity contribution in [1.29, 1.82) is 0 Å². The number of nitrogens with one attached hydrogen (secondary N) is 2. The maximum absolute atomic E-state index is 12.8. The summed E-state index contributed by atoms with van der Waals surface area (Å²) in [5.74, 6) is 1.21. The van der Waals surface area contributed by atoms with E-state index >= 15 is 0 Å². The maximum atomic E-state index is 12.8. The summed E-state index contributed by atoms with van der Waals surface area (Å²) in [4.78, 5) is 12.5. The highest BCUT2D eigenvalue weighted by Gasteiger charge is 2.20. The number of rotatable bonds is 6. The number of anilines is 1. The number of hydrogen-bond donors (Lipinski definition) is 2. The number of benzene rings is 2. The first-order valence-corrected chi connectivity index (χ1v) is 10.3. The zero-order valence-corrected chi connectivity index (χ0v) is 16.2. The fourth-order valence-corrected chi connectivity index (χ4v) is 3.96. The number of hydrogen-bond acceptors (Lipinski definition) is 6. The van der Waals surface area contributed by atoms with E-state index in [4.69, 9.17) is 13.9 Å². The molecular formula is C20H18N2O6S. The van der Waals surface area contributed by atoms with E-state index < -0.39 is 15.9 Å². The van der Waals surface area contributed by atoms with Crippen LogP contribution in [0.25, 0.3) is 0 Å². The van der Waals surface area contributed by atoms with E-state index in [1.165, 1.54) is 24.5 Å². The second-order valence-electron chi connectivity index (χ2n) is 6.41. The van der Waals surface area contributed by atoms with Crippen LogP contribution in [0.4, 0.5) is 5.69 Å². The predicted molar refractivity (Wildman–Crippen MR) is 104 cm³/mol. The van der Waals surface area contributed by atoms with Gasteiger partial charge in [-0.25, -0.2) is 8.42 Å². The van der Waals surface area contributed by atoms with Crippen LogP contribution in [0, 0.1) is 0 Å². The quantitative estimate of drug-likeness (QED) is 0.641. The number of amides is 1. The van der Waals surface area contributed by atoms with Crippen molar-refractivity contribution in [3.8, 4) is 11.5 Å². The molecule has 0 saturated heterocycles. The minimum absolute atomic E-state index is 0.0338. The summed E-state index contributed by atoms with van der Waals surface area (Å²) in [5.41, 5.74) is 0.549. The lowest BCUT2D eigenvalue weighted by Gasteiger charge is -2.13. The number of ether oxygens (including phenoxy) is 2. The molecule has 1 aliphatic heterocycles. The highest BCUT2D eigenvalue weighted by molar-refractivity contribution is 7.92. The van der Waals surface area contributed by atoms with Gasteiger partial charge in [-0.2, -0.15) is 0 Å². The lowest BCUT2D eigenvalue weighted by Crippen LogP contribution is -2.26. The fraction of sp³-hybridized carbons (Fsp3) is 0.150. The summed E-state index contributed by atoms with van der Waals surface area (Å²) in [7, 11) is -3.90. The van der Waals surface area contributed by atoms with Crippen LogP contribution in [0.15, 0.2) is 70.2 Å². The molecule has 8 nitrogen and oxygen atoms in total. The van der Waals surface area contributed by atoms with Gasteiger partial charge in [-0.05, 0) is 49.4 Å². The molecule has 0 bridgehead atoms. The monoisotopic (exact) mass is 414 g/mol. The second-order valence-corrected chi connectivity index (χ2v) is 8.09. The first kappa shape index (κ1) is 18.9. The number of fused-ring (bicyclic) bond motifs is 1. The zero-order valence-electron chi connectivity index (χ0n) is 15.4. The van der Waals surface area contributed by atoms with Crippen LogP contribution in [-0.4, -0.2) is 21.1 Å². The first-order valence-electron chi connectivity index (χ1n) is 8.79. The van der Waals surface area contributed by atoms with E-state index in [2.05, 4.69) is 10.0 Å². The predicted octanol–water partition coefficient (Wildman–Crippen LogP) is 3.30. The molecule has 0 radical (unpaired) electrons. The Labute approximate surface area is 167 Å². The molecule has 3 aromatic rings. The lowest BCUT2D eigenvalue weighted by molar-refractivity contribution is 0.0935. The van der Waals surface area contributed by atoms with Crippen molar-refractivity contribution in [2.24, 2.45) is 0 Å². The Hall–Kier alpha value is -3.46. The Kier molecular flexibility index (Phi) is 4.89. The molecule has 1 aliphatic rings. The van der Waals surface area contributed by atoms with Crippen LogP contribution >= 0.6 is 0 Å². The molecule has 0 saturated carbocycles. The van der Waals surface area contributed by atoms with E-state index in [0.29, 0.717) is 22.9 Å². The Bertz CT molecular complexity index is 1140. The minimum Gasteiger partial charge on any atom is -0.467 e. The summed E-state index contributed by atoms with van der Waals surface area (Å²) < 4.78 is 43.7. The molecule has 0 fully saturated rings. The van der Waals surface area contributed by atoms with Gasteiger partial charge in [-0.15, -0.1) is 0 Å². The normalized spacial score (nSPS) is 13.7. The SMILES string of the molecule is C[C@H](NC(=O)c1cccc(S(=O)(=O)Nc2ccc3c(c2)OCO3)c1)c1ccco1. The Morgan fingerprint density at radius 2 is 1.86 bits per heavy atom. The Balaban J connectivity index is 1.52. The standard InChI is InChI=1S/C20H18N2O6S/c1-13(17-6-3-9-26-17)21-20(23)14-4-2-5-16(10-14)29(24,25)22-15-7-8-18-19(11-15)28-12-27-18/h2-11,13,22H,12H2,1H3,(H,21,23)/t13-/m0/s1. The molecule has 150 valence electrons. The average Bonchev–Trinajstić information content (AvgIpc) is 3.39. The van der Waals surface area contributed by atoms with Crippen molar-refractivity contribution in [1.82, 2.24) is 5.32 Å². The number of carbonyl (C=O) groups excluding carboxylic acids is 1. The largest absolute Gasteiger partial charge is 0.467 e. The van der Waals surface area contributed by atoms with Gasteiger partial charge in [0.15, 0.2) is 11.5 Å². The third-order valence-electron chi connectivity index (χ3n) is 4.35. The van der Waals surface area contributed by atoms with Crippen LogP contribution in [0.1, 0.15) is 29.1 Å². The van der Waals surface area contributed by atoms with E-state index in [1.54, 1.807) is 43.3 Å². The van der Waals surface area contributed by atoms with E-state index in [-0.39, 0.29) is 23.3 Å². The lowest BCUT2D eigenvalue weighted by atomic mass is 10.2. The van der Waals surface area contributed by atoms with Gasteiger partial charge in [0.25, 0.3) is 15.9 Å². The van der Waals surface area contributed by atoms with E-state index in [9.17, 15) is 13.2 Å². The van der Waals surface area contributed by atoms with Gasteiger partial charge in [0, 0.05) is 11.6 Å².